The van der Waals surface area contributed by atoms with Crippen molar-refractivity contribution in [3.63, 3.8) is 0 Å². The van der Waals surface area contributed by atoms with Crippen molar-refractivity contribution in [3.05, 3.63) is 36.0 Å². The highest BCUT2D eigenvalue weighted by atomic mass is 16.5. The third-order valence-corrected chi connectivity index (χ3v) is 2.87. The van der Waals surface area contributed by atoms with Crippen molar-refractivity contribution in [2.45, 2.75) is 6.92 Å². The van der Waals surface area contributed by atoms with Crippen LogP contribution in [0, 0.1) is 6.92 Å². The first kappa shape index (κ1) is 12.2. The molecular formula is C14H16N2O2. The Morgan fingerprint density at radius 1 is 1.06 bits per heavy atom. The molecule has 1 aromatic heterocycles. The summed E-state index contributed by atoms with van der Waals surface area (Å²) in [4.78, 5) is 4.34. The smallest absolute Gasteiger partial charge is 0.132 e. The number of methoxy groups -OCH3 is 2. The van der Waals surface area contributed by atoms with E-state index in [1.807, 2.05) is 31.2 Å². The highest BCUT2D eigenvalue weighted by molar-refractivity contribution is 5.83. The molecule has 2 N–H and O–H groups in total. The van der Waals surface area contributed by atoms with Crippen molar-refractivity contribution in [1.82, 2.24) is 4.98 Å². The molecule has 0 aliphatic carbocycles. The summed E-state index contributed by atoms with van der Waals surface area (Å²) in [6, 6.07) is 7.47. The number of aryl methyl sites for hydroxylation is 1. The minimum atomic E-state index is 0.639. The highest BCUT2D eigenvalue weighted by Crippen LogP contribution is 2.40. The maximum Gasteiger partial charge on any atom is 0.132 e. The van der Waals surface area contributed by atoms with E-state index >= 15 is 0 Å². The quantitative estimate of drug-likeness (QED) is 0.901. The van der Waals surface area contributed by atoms with Gasteiger partial charge in [0, 0.05) is 6.20 Å². The van der Waals surface area contributed by atoms with Crippen LogP contribution in [0.15, 0.2) is 30.5 Å². The Morgan fingerprint density at radius 3 is 2.22 bits per heavy atom. The van der Waals surface area contributed by atoms with Crippen molar-refractivity contribution >= 4 is 5.69 Å². The SMILES string of the molecule is COc1cccc(OC)c1-c1nccc(C)c1N. The van der Waals surface area contributed by atoms with E-state index < -0.39 is 0 Å². The van der Waals surface area contributed by atoms with Gasteiger partial charge in [-0.1, -0.05) is 6.07 Å². The second kappa shape index (κ2) is 4.96. The van der Waals surface area contributed by atoms with Gasteiger partial charge in [0.1, 0.15) is 17.2 Å². The van der Waals surface area contributed by atoms with Crippen LogP contribution in [0.5, 0.6) is 11.5 Å². The van der Waals surface area contributed by atoms with Gasteiger partial charge in [-0.2, -0.15) is 0 Å². The third-order valence-electron chi connectivity index (χ3n) is 2.87. The van der Waals surface area contributed by atoms with Crippen molar-refractivity contribution in [2.24, 2.45) is 0 Å². The Bertz CT molecular complexity index is 545. The van der Waals surface area contributed by atoms with Crippen LogP contribution >= 0.6 is 0 Å². The first-order valence-corrected chi connectivity index (χ1v) is 5.61. The molecule has 1 aromatic carbocycles. The lowest BCUT2D eigenvalue weighted by Crippen LogP contribution is -2.00. The largest absolute Gasteiger partial charge is 0.496 e. The Morgan fingerprint density at radius 2 is 1.67 bits per heavy atom. The lowest BCUT2D eigenvalue weighted by Gasteiger charge is -2.14. The van der Waals surface area contributed by atoms with E-state index in [0.29, 0.717) is 22.9 Å². The molecule has 18 heavy (non-hydrogen) atoms. The lowest BCUT2D eigenvalue weighted by molar-refractivity contribution is 0.397. The summed E-state index contributed by atoms with van der Waals surface area (Å²) in [5.41, 5.74) is 9.17. The van der Waals surface area contributed by atoms with Crippen LogP contribution in [-0.2, 0) is 0 Å². The molecule has 0 bridgehead atoms. The zero-order chi connectivity index (χ0) is 13.1. The zero-order valence-corrected chi connectivity index (χ0v) is 10.7. The minimum absolute atomic E-state index is 0.639. The number of nitrogens with zero attached hydrogens (tertiary/aromatic N) is 1. The van der Waals surface area contributed by atoms with Gasteiger partial charge in [-0.25, -0.2) is 0 Å². The number of pyridine rings is 1. The molecule has 1 heterocycles. The van der Waals surface area contributed by atoms with E-state index in [1.165, 1.54) is 0 Å². The molecule has 4 heteroatoms. The van der Waals surface area contributed by atoms with Gasteiger partial charge in [0.05, 0.1) is 25.5 Å². The fourth-order valence-electron chi connectivity index (χ4n) is 1.85. The number of nitrogens with two attached hydrogens (primary N) is 1. The molecule has 0 unspecified atom stereocenters. The number of rotatable bonds is 3. The first-order chi connectivity index (χ1) is 8.69. The third kappa shape index (κ3) is 1.97. The van der Waals surface area contributed by atoms with Crippen LogP contribution in [-0.4, -0.2) is 19.2 Å². The summed E-state index contributed by atoms with van der Waals surface area (Å²) in [6.07, 6.45) is 1.73. The number of anilines is 1. The molecule has 94 valence electrons. The molecule has 0 fully saturated rings. The van der Waals surface area contributed by atoms with E-state index in [9.17, 15) is 0 Å². The van der Waals surface area contributed by atoms with E-state index in [-0.39, 0.29) is 0 Å². The van der Waals surface area contributed by atoms with Gasteiger partial charge in [-0.05, 0) is 30.7 Å². The fourth-order valence-corrected chi connectivity index (χ4v) is 1.85. The maximum atomic E-state index is 6.09. The van der Waals surface area contributed by atoms with Crippen LogP contribution in [0.1, 0.15) is 5.56 Å². The maximum absolute atomic E-state index is 6.09. The molecule has 0 saturated heterocycles. The first-order valence-electron chi connectivity index (χ1n) is 5.61. The summed E-state index contributed by atoms with van der Waals surface area (Å²) < 4.78 is 10.7. The Balaban J connectivity index is 2.73. The van der Waals surface area contributed by atoms with Crippen molar-refractivity contribution < 1.29 is 9.47 Å². The van der Waals surface area contributed by atoms with Crippen LogP contribution < -0.4 is 15.2 Å². The molecule has 0 radical (unpaired) electrons. The molecule has 0 saturated carbocycles. The van der Waals surface area contributed by atoms with Gasteiger partial charge in [0.15, 0.2) is 0 Å². The van der Waals surface area contributed by atoms with Crippen molar-refractivity contribution in [1.29, 1.82) is 0 Å². The van der Waals surface area contributed by atoms with Gasteiger partial charge in [-0.3, -0.25) is 4.98 Å². The standard InChI is InChI=1S/C14H16N2O2/c1-9-7-8-16-14(13(9)15)12-10(17-2)5-4-6-11(12)18-3/h4-8H,15H2,1-3H3. The molecule has 0 atom stereocenters. The molecule has 0 aliphatic rings. The summed E-state index contributed by atoms with van der Waals surface area (Å²) >= 11 is 0. The van der Waals surface area contributed by atoms with Crippen LogP contribution in [0.3, 0.4) is 0 Å². The number of aromatic nitrogens is 1. The summed E-state index contributed by atoms with van der Waals surface area (Å²) in [5.74, 6) is 1.39. The summed E-state index contributed by atoms with van der Waals surface area (Å²) in [5, 5.41) is 0. The summed E-state index contributed by atoms with van der Waals surface area (Å²) in [7, 11) is 3.23. The van der Waals surface area contributed by atoms with E-state index in [4.69, 9.17) is 15.2 Å². The number of hydrogen-bond acceptors (Lipinski definition) is 4. The van der Waals surface area contributed by atoms with Gasteiger partial charge in [-0.15, -0.1) is 0 Å². The monoisotopic (exact) mass is 244 g/mol. The second-order valence-electron chi connectivity index (χ2n) is 3.93. The number of nitrogen functional groups attached to an aromatic ring is 1. The highest BCUT2D eigenvalue weighted by Gasteiger charge is 2.16. The Hall–Kier alpha value is -2.23. The predicted octanol–water partition coefficient (Wildman–Crippen LogP) is 2.66. The molecule has 4 nitrogen and oxygen atoms in total. The van der Waals surface area contributed by atoms with Crippen LogP contribution in [0.2, 0.25) is 0 Å². The van der Waals surface area contributed by atoms with Crippen LogP contribution in [0.25, 0.3) is 11.3 Å². The second-order valence-corrected chi connectivity index (χ2v) is 3.93. The van der Waals surface area contributed by atoms with Gasteiger partial charge < -0.3 is 15.2 Å². The van der Waals surface area contributed by atoms with Crippen molar-refractivity contribution in [2.75, 3.05) is 20.0 Å². The normalized spacial score (nSPS) is 10.2. The van der Waals surface area contributed by atoms with Gasteiger partial charge >= 0.3 is 0 Å². The Kier molecular flexibility index (Phi) is 3.37. The molecule has 0 amide bonds. The number of hydrogen-bond donors (Lipinski definition) is 1. The number of benzene rings is 1. The molecule has 2 aromatic rings. The average Bonchev–Trinajstić information content (AvgIpc) is 2.41. The topological polar surface area (TPSA) is 57.4 Å². The molecular weight excluding hydrogens is 228 g/mol. The molecule has 0 aliphatic heterocycles. The van der Waals surface area contributed by atoms with Crippen molar-refractivity contribution in [3.8, 4) is 22.8 Å². The van der Waals surface area contributed by atoms with Crippen LogP contribution in [0.4, 0.5) is 5.69 Å². The average molecular weight is 244 g/mol. The minimum Gasteiger partial charge on any atom is -0.496 e. The molecule has 0 spiro atoms. The lowest BCUT2D eigenvalue weighted by atomic mass is 10.0. The fraction of sp³-hybridized carbons (Fsp3) is 0.214. The Labute approximate surface area is 106 Å². The molecule has 2 rings (SSSR count). The van der Waals surface area contributed by atoms with E-state index in [1.54, 1.807) is 20.4 Å². The van der Waals surface area contributed by atoms with Gasteiger partial charge in [0.25, 0.3) is 0 Å². The summed E-state index contributed by atoms with van der Waals surface area (Å²) in [6.45, 7) is 1.95. The van der Waals surface area contributed by atoms with Gasteiger partial charge in [0.2, 0.25) is 0 Å². The number of ether oxygens (including phenoxy) is 2. The van der Waals surface area contributed by atoms with E-state index in [0.717, 1.165) is 11.1 Å². The zero-order valence-electron chi connectivity index (χ0n) is 10.7. The van der Waals surface area contributed by atoms with E-state index in [2.05, 4.69) is 4.98 Å². The predicted molar refractivity (Wildman–Crippen MR) is 71.9 cm³/mol.